The van der Waals surface area contributed by atoms with Crippen LogP contribution in [0.4, 0.5) is 4.39 Å². The van der Waals surface area contributed by atoms with Crippen molar-refractivity contribution in [3.8, 4) is 11.3 Å². The minimum absolute atomic E-state index is 0.184. The molecule has 0 saturated carbocycles. The van der Waals surface area contributed by atoms with E-state index in [1.807, 2.05) is 18.2 Å². The number of fused-ring (bicyclic) bond motifs is 1. The quantitative estimate of drug-likeness (QED) is 0.774. The number of aromatic nitrogens is 2. The molecule has 0 spiro atoms. The van der Waals surface area contributed by atoms with Crippen molar-refractivity contribution < 1.29 is 9.18 Å². The second-order valence-corrected chi connectivity index (χ2v) is 6.24. The normalized spacial score (nSPS) is 13.3. The van der Waals surface area contributed by atoms with Gasteiger partial charge in [-0.2, -0.15) is 4.98 Å². The van der Waals surface area contributed by atoms with Crippen LogP contribution >= 0.6 is 0 Å². The summed E-state index contributed by atoms with van der Waals surface area (Å²) in [7, 11) is 0. The van der Waals surface area contributed by atoms with Gasteiger partial charge in [0.2, 0.25) is 0 Å². The third-order valence-corrected chi connectivity index (χ3v) is 4.53. The van der Waals surface area contributed by atoms with E-state index in [2.05, 4.69) is 16.0 Å². The molecule has 1 aliphatic heterocycles. The molecule has 5 nitrogen and oxygen atoms in total. The lowest BCUT2D eigenvalue weighted by Crippen LogP contribution is -2.37. The monoisotopic (exact) mass is 349 g/mol. The zero-order valence-corrected chi connectivity index (χ0v) is 13.9. The maximum atomic E-state index is 13.1. The second kappa shape index (κ2) is 6.55. The van der Waals surface area contributed by atoms with Crippen LogP contribution in [0.2, 0.25) is 0 Å². The number of carbonyl (C=O) groups is 1. The molecular weight excluding hydrogens is 333 g/mol. The minimum Gasteiger partial charge on any atom is -0.333 e. The summed E-state index contributed by atoms with van der Waals surface area (Å²) in [6.45, 7) is 1.09. The van der Waals surface area contributed by atoms with Crippen LogP contribution in [0.3, 0.4) is 0 Å². The van der Waals surface area contributed by atoms with E-state index in [9.17, 15) is 14.0 Å². The van der Waals surface area contributed by atoms with Crippen molar-refractivity contribution >= 4 is 5.91 Å². The van der Waals surface area contributed by atoms with Gasteiger partial charge in [-0.15, -0.1) is 0 Å². The zero-order chi connectivity index (χ0) is 18.1. The molecule has 0 radical (unpaired) electrons. The number of H-pyrrole nitrogens is 1. The molecule has 0 atom stereocenters. The summed E-state index contributed by atoms with van der Waals surface area (Å²) in [5.74, 6) is -0.621. The number of halogens is 1. The largest absolute Gasteiger partial charge is 0.346 e. The molecule has 1 aromatic heterocycles. The summed E-state index contributed by atoms with van der Waals surface area (Å²) in [5.41, 5.74) is 2.86. The highest BCUT2D eigenvalue weighted by Gasteiger charge is 2.22. The van der Waals surface area contributed by atoms with Gasteiger partial charge in [0.25, 0.3) is 5.91 Å². The van der Waals surface area contributed by atoms with Gasteiger partial charge >= 0.3 is 5.69 Å². The van der Waals surface area contributed by atoms with E-state index in [1.165, 1.54) is 35.9 Å². The highest BCUT2D eigenvalue weighted by Crippen LogP contribution is 2.21. The maximum absolute atomic E-state index is 13.1. The summed E-state index contributed by atoms with van der Waals surface area (Å²) in [4.78, 5) is 32.9. The molecule has 4 rings (SSSR count). The number of rotatable bonds is 2. The van der Waals surface area contributed by atoms with E-state index in [1.54, 1.807) is 4.90 Å². The lowest BCUT2D eigenvalue weighted by molar-refractivity contribution is 0.0728. The number of aromatic amines is 1. The molecule has 26 heavy (non-hydrogen) atoms. The molecule has 130 valence electrons. The van der Waals surface area contributed by atoms with Gasteiger partial charge in [0.15, 0.2) is 0 Å². The lowest BCUT2D eigenvalue weighted by atomic mass is 9.99. The summed E-state index contributed by atoms with van der Waals surface area (Å²) in [5, 5.41) is 0. The Labute approximate surface area is 149 Å². The van der Waals surface area contributed by atoms with Crippen LogP contribution in [0.25, 0.3) is 11.3 Å². The standard InChI is InChI=1S/C20H16FN3O2/c21-16-7-5-14(6-8-16)17-11-18(23-20(26)22-17)19(25)24-10-9-13-3-1-2-4-15(13)12-24/h1-8,11H,9-10,12H2,(H,22,23,26). The number of benzene rings is 2. The molecule has 0 fully saturated rings. The summed E-state index contributed by atoms with van der Waals surface area (Å²) in [6.07, 6.45) is 0.780. The van der Waals surface area contributed by atoms with E-state index in [-0.39, 0.29) is 17.4 Å². The highest BCUT2D eigenvalue weighted by atomic mass is 19.1. The van der Waals surface area contributed by atoms with Crippen LogP contribution in [-0.4, -0.2) is 27.3 Å². The number of hydrogen-bond acceptors (Lipinski definition) is 3. The van der Waals surface area contributed by atoms with Crippen molar-refractivity contribution in [2.45, 2.75) is 13.0 Å². The van der Waals surface area contributed by atoms with Crippen molar-refractivity contribution in [2.75, 3.05) is 6.54 Å². The Balaban J connectivity index is 1.65. The third kappa shape index (κ3) is 3.13. The Morgan fingerprint density at radius 2 is 1.81 bits per heavy atom. The molecule has 2 heterocycles. The van der Waals surface area contributed by atoms with Crippen molar-refractivity contribution in [1.29, 1.82) is 0 Å². The molecule has 6 heteroatoms. The van der Waals surface area contributed by atoms with Crippen LogP contribution in [0.5, 0.6) is 0 Å². The van der Waals surface area contributed by atoms with Gasteiger partial charge in [0.05, 0.1) is 5.69 Å². The van der Waals surface area contributed by atoms with E-state index < -0.39 is 5.69 Å². The van der Waals surface area contributed by atoms with Gasteiger partial charge in [0, 0.05) is 18.7 Å². The van der Waals surface area contributed by atoms with Crippen LogP contribution in [-0.2, 0) is 13.0 Å². The number of amides is 1. The Hall–Kier alpha value is -3.28. The van der Waals surface area contributed by atoms with Gasteiger partial charge in [-0.25, -0.2) is 9.18 Å². The van der Waals surface area contributed by atoms with Crippen LogP contribution in [0, 0.1) is 5.82 Å². The van der Waals surface area contributed by atoms with Crippen molar-refractivity contribution in [2.24, 2.45) is 0 Å². The zero-order valence-electron chi connectivity index (χ0n) is 13.9. The fourth-order valence-electron chi connectivity index (χ4n) is 3.18. The first-order chi connectivity index (χ1) is 12.6. The fraction of sp³-hybridized carbons (Fsp3) is 0.150. The van der Waals surface area contributed by atoms with Crippen molar-refractivity contribution in [1.82, 2.24) is 14.9 Å². The molecule has 0 unspecified atom stereocenters. The van der Waals surface area contributed by atoms with Gasteiger partial charge in [-0.1, -0.05) is 24.3 Å². The van der Waals surface area contributed by atoms with E-state index >= 15 is 0 Å². The molecular formula is C20H16FN3O2. The smallest absolute Gasteiger partial charge is 0.333 e. The van der Waals surface area contributed by atoms with Gasteiger partial charge in [-0.3, -0.25) is 4.79 Å². The molecule has 1 N–H and O–H groups in total. The Bertz CT molecular complexity index is 1030. The maximum Gasteiger partial charge on any atom is 0.346 e. The fourth-order valence-corrected chi connectivity index (χ4v) is 3.18. The molecule has 2 aromatic carbocycles. The van der Waals surface area contributed by atoms with Gasteiger partial charge < -0.3 is 9.88 Å². The Morgan fingerprint density at radius 3 is 2.58 bits per heavy atom. The predicted molar refractivity (Wildman–Crippen MR) is 95.1 cm³/mol. The SMILES string of the molecule is O=C(c1cc(-c2ccc(F)cc2)nc(=O)[nH]1)N1CCc2ccccc2C1. The molecule has 1 amide bonds. The molecule has 0 bridgehead atoms. The van der Waals surface area contributed by atoms with E-state index in [0.717, 1.165) is 12.0 Å². The summed E-state index contributed by atoms with van der Waals surface area (Å²) >= 11 is 0. The predicted octanol–water partition coefficient (Wildman–Crippen LogP) is 2.77. The topological polar surface area (TPSA) is 66.1 Å². The number of hydrogen-bond donors (Lipinski definition) is 1. The summed E-state index contributed by atoms with van der Waals surface area (Å²) in [6, 6.07) is 15.2. The minimum atomic E-state index is -0.604. The average Bonchev–Trinajstić information content (AvgIpc) is 2.67. The van der Waals surface area contributed by atoms with Crippen molar-refractivity contribution in [3.63, 3.8) is 0 Å². The summed E-state index contributed by atoms with van der Waals surface area (Å²) < 4.78 is 13.1. The number of carbonyl (C=O) groups excluding carboxylic acids is 1. The highest BCUT2D eigenvalue weighted by molar-refractivity contribution is 5.93. The Morgan fingerprint density at radius 1 is 1.08 bits per heavy atom. The molecule has 3 aromatic rings. The number of nitrogens with zero attached hydrogens (tertiary/aromatic N) is 2. The van der Waals surface area contributed by atoms with Crippen LogP contribution in [0.1, 0.15) is 21.6 Å². The first-order valence-corrected chi connectivity index (χ1v) is 8.33. The Kier molecular flexibility index (Phi) is 4.08. The van der Waals surface area contributed by atoms with Gasteiger partial charge in [0.1, 0.15) is 11.5 Å². The molecule has 1 aliphatic rings. The molecule has 0 saturated heterocycles. The second-order valence-electron chi connectivity index (χ2n) is 6.24. The number of nitrogens with one attached hydrogen (secondary N) is 1. The van der Waals surface area contributed by atoms with E-state index in [4.69, 9.17) is 0 Å². The van der Waals surface area contributed by atoms with Gasteiger partial charge in [-0.05, 0) is 47.9 Å². The third-order valence-electron chi connectivity index (χ3n) is 4.53. The first kappa shape index (κ1) is 16.2. The van der Waals surface area contributed by atoms with E-state index in [0.29, 0.717) is 24.3 Å². The van der Waals surface area contributed by atoms with Crippen LogP contribution in [0.15, 0.2) is 59.4 Å². The average molecular weight is 349 g/mol. The van der Waals surface area contributed by atoms with Crippen LogP contribution < -0.4 is 5.69 Å². The molecule has 0 aliphatic carbocycles. The van der Waals surface area contributed by atoms with Crippen molar-refractivity contribution in [3.05, 3.63) is 87.7 Å². The lowest BCUT2D eigenvalue weighted by Gasteiger charge is -2.28. The first-order valence-electron chi connectivity index (χ1n) is 8.33.